The quantitative estimate of drug-likeness (QED) is 0.375. The summed E-state index contributed by atoms with van der Waals surface area (Å²) in [5, 5.41) is 0. The Morgan fingerprint density at radius 2 is 1.00 bits per heavy atom. The van der Waals surface area contributed by atoms with Gasteiger partial charge in [0, 0.05) is 0 Å². The molecule has 4 heavy (non-hydrogen) atoms. The Hall–Kier alpha value is 2.76. The molecule has 0 aliphatic carbocycles. The van der Waals surface area contributed by atoms with Gasteiger partial charge in [-0.15, -0.1) is 0 Å². The topological polar surface area (TPSA) is 35.0 Å². The Kier molecular flexibility index (Phi) is 126. The molecule has 0 atom stereocenters. The standard InChI is InChI=1S/H3N.2Na.Sn.4H/h1H3;;;;;;;/q;2*+1;;;;2*-1. The third-order valence-corrected chi connectivity index (χ3v) is 0. The van der Waals surface area contributed by atoms with E-state index in [1.165, 1.54) is 0 Å². The van der Waals surface area contributed by atoms with Crippen LogP contribution in [0.15, 0.2) is 0 Å². The maximum absolute atomic E-state index is 0. The molecule has 0 unspecified atom stereocenters. The van der Waals surface area contributed by atoms with Crippen molar-refractivity contribution in [3.8, 4) is 0 Å². The van der Waals surface area contributed by atoms with E-state index in [1.54, 1.807) is 0 Å². The molecule has 0 bridgehead atoms. The van der Waals surface area contributed by atoms with Gasteiger partial charge in [0.05, 0.1) is 0 Å². The Balaban J connectivity index is 0. The van der Waals surface area contributed by atoms with E-state index in [1.807, 2.05) is 0 Å². The SMILES string of the molecule is N.[H-].[H-].[Na+].[Na+].[SnH2]. The molecule has 0 aromatic rings. The summed E-state index contributed by atoms with van der Waals surface area (Å²) >= 11 is 0. The first kappa shape index (κ1) is 29.5. The molecule has 0 saturated carbocycles. The second kappa shape index (κ2) is 17.1. The second-order valence-electron chi connectivity index (χ2n) is 0. The molecule has 18 valence electrons. The summed E-state index contributed by atoms with van der Waals surface area (Å²) in [6, 6.07) is 0. The van der Waals surface area contributed by atoms with Gasteiger partial charge in [0.25, 0.3) is 0 Å². The summed E-state index contributed by atoms with van der Waals surface area (Å²) in [5.74, 6) is 0. The van der Waals surface area contributed by atoms with Gasteiger partial charge in [-0.1, -0.05) is 0 Å². The predicted octanol–water partition coefficient (Wildman–Crippen LogP) is -6.52. The number of hydrogen-bond acceptors (Lipinski definition) is 1. The molecule has 3 N–H and O–H groups in total. The molecule has 2 radical (unpaired) electrons. The fourth-order valence-electron chi connectivity index (χ4n) is 0. The van der Waals surface area contributed by atoms with Crippen molar-refractivity contribution >= 4 is 23.9 Å². The van der Waals surface area contributed by atoms with Crippen LogP contribution in [0.1, 0.15) is 2.85 Å². The van der Waals surface area contributed by atoms with E-state index < -0.39 is 0 Å². The minimum absolute atomic E-state index is 0. The van der Waals surface area contributed by atoms with E-state index >= 15 is 0 Å². The number of hydrogen-bond donors (Lipinski definition) is 1. The molecule has 0 fully saturated rings. The van der Waals surface area contributed by atoms with Crippen LogP contribution < -0.4 is 65.3 Å². The summed E-state index contributed by atoms with van der Waals surface area (Å²) in [4.78, 5) is 0. The van der Waals surface area contributed by atoms with Crippen LogP contribution in [0.3, 0.4) is 0 Å². The average molecular weight is 186 g/mol. The zero-order chi connectivity index (χ0) is 0. The molecule has 0 saturated heterocycles. The van der Waals surface area contributed by atoms with Crippen LogP contribution >= 0.6 is 0 Å². The Labute approximate surface area is 90.4 Å². The first-order chi connectivity index (χ1) is 0. The second-order valence-corrected chi connectivity index (χ2v) is 0. The zero-order valence-corrected chi connectivity index (χ0v) is 11.5. The third kappa shape index (κ3) is 8.83. The first-order valence-corrected chi connectivity index (χ1v) is 0. The summed E-state index contributed by atoms with van der Waals surface area (Å²) in [6.45, 7) is 0. The van der Waals surface area contributed by atoms with E-state index in [0.29, 0.717) is 0 Å². The molecule has 0 aromatic carbocycles. The normalized spacial score (nSPS) is 0. The monoisotopic (exact) mass is 187 g/mol. The van der Waals surface area contributed by atoms with Crippen molar-refractivity contribution in [3.05, 3.63) is 0 Å². The summed E-state index contributed by atoms with van der Waals surface area (Å²) in [6.07, 6.45) is 0. The van der Waals surface area contributed by atoms with Crippen molar-refractivity contribution < 1.29 is 62.0 Å². The van der Waals surface area contributed by atoms with Crippen molar-refractivity contribution in [2.24, 2.45) is 0 Å². The molecular weight excluding hydrogens is 179 g/mol. The van der Waals surface area contributed by atoms with E-state index in [0.717, 1.165) is 0 Å². The maximum atomic E-state index is 0. The van der Waals surface area contributed by atoms with Crippen molar-refractivity contribution in [1.29, 1.82) is 0 Å². The van der Waals surface area contributed by atoms with Crippen LogP contribution in [-0.2, 0) is 0 Å². The van der Waals surface area contributed by atoms with Gasteiger partial charge in [0.2, 0.25) is 0 Å². The number of rotatable bonds is 0. The molecule has 0 aromatic heterocycles. The molecule has 1 nitrogen and oxygen atoms in total. The fraction of sp³-hybridized carbons (Fsp3) is 0. The molecule has 4 heteroatoms. The molecule has 0 aliphatic heterocycles. The summed E-state index contributed by atoms with van der Waals surface area (Å²) < 4.78 is 0. The van der Waals surface area contributed by atoms with Crippen molar-refractivity contribution in [2.75, 3.05) is 0 Å². The van der Waals surface area contributed by atoms with Gasteiger partial charge < -0.3 is 9.00 Å². The van der Waals surface area contributed by atoms with Gasteiger partial charge in [0.1, 0.15) is 0 Å². The Morgan fingerprint density at radius 3 is 1.00 bits per heavy atom. The van der Waals surface area contributed by atoms with Gasteiger partial charge in [-0.25, -0.2) is 0 Å². The van der Waals surface area contributed by atoms with Crippen molar-refractivity contribution in [1.82, 2.24) is 6.15 Å². The van der Waals surface area contributed by atoms with Gasteiger partial charge in [-0.05, 0) is 0 Å². The van der Waals surface area contributed by atoms with Crippen LogP contribution in [0.2, 0.25) is 0 Å². The van der Waals surface area contributed by atoms with E-state index in [9.17, 15) is 0 Å². The molecular formula is H7NNa2Sn. The molecule has 0 spiro atoms. The minimum atomic E-state index is 0. The van der Waals surface area contributed by atoms with Gasteiger partial charge in [-0.3, -0.25) is 0 Å². The van der Waals surface area contributed by atoms with Gasteiger partial charge >= 0.3 is 83.0 Å². The van der Waals surface area contributed by atoms with Crippen LogP contribution in [0.5, 0.6) is 0 Å². The molecule has 0 rings (SSSR count). The first-order valence-electron chi connectivity index (χ1n) is 0. The predicted molar refractivity (Wildman–Crippen MR) is 15.8 cm³/mol. The van der Waals surface area contributed by atoms with Crippen LogP contribution in [0.25, 0.3) is 0 Å². The fourth-order valence-corrected chi connectivity index (χ4v) is 0. The van der Waals surface area contributed by atoms with Crippen molar-refractivity contribution in [3.63, 3.8) is 0 Å². The third-order valence-electron chi connectivity index (χ3n) is 0. The molecule has 0 heterocycles. The van der Waals surface area contributed by atoms with E-state index in [4.69, 9.17) is 0 Å². The van der Waals surface area contributed by atoms with Gasteiger partial charge in [-0.2, -0.15) is 0 Å². The van der Waals surface area contributed by atoms with Crippen molar-refractivity contribution in [2.45, 2.75) is 0 Å². The van der Waals surface area contributed by atoms with E-state index in [2.05, 4.69) is 0 Å². The summed E-state index contributed by atoms with van der Waals surface area (Å²) in [7, 11) is 0. The Bertz CT molecular complexity index is 11.5. The van der Waals surface area contributed by atoms with E-state index in [-0.39, 0.29) is 92.0 Å². The average Bonchev–Trinajstić information content (AvgIpc) is 0. The van der Waals surface area contributed by atoms with Gasteiger partial charge in [0.15, 0.2) is 0 Å². The Morgan fingerprint density at radius 1 is 1.00 bits per heavy atom. The molecule has 0 amide bonds. The molecule has 0 aliphatic rings. The van der Waals surface area contributed by atoms with Crippen LogP contribution in [-0.4, -0.2) is 23.9 Å². The van der Waals surface area contributed by atoms with Crippen LogP contribution in [0, 0.1) is 0 Å². The zero-order valence-electron chi connectivity index (χ0n) is 5.41. The van der Waals surface area contributed by atoms with Crippen LogP contribution in [0.4, 0.5) is 0 Å². The summed E-state index contributed by atoms with van der Waals surface area (Å²) in [5.41, 5.74) is 0.